The zero-order chi connectivity index (χ0) is 29.4. The van der Waals surface area contributed by atoms with Gasteiger partial charge in [-0.15, -0.1) is 0 Å². The fourth-order valence-corrected chi connectivity index (χ4v) is 6.07. The molecule has 0 atom stereocenters. The molecule has 6 rings (SSSR count). The third-order valence-corrected chi connectivity index (χ3v) is 8.03. The van der Waals surface area contributed by atoms with E-state index in [2.05, 4.69) is 0 Å². The van der Waals surface area contributed by atoms with Gasteiger partial charge in [-0.1, -0.05) is 108 Å². The van der Waals surface area contributed by atoms with Gasteiger partial charge in [-0.3, -0.25) is 0 Å². The first-order valence-electron chi connectivity index (χ1n) is 13.4. The van der Waals surface area contributed by atoms with Gasteiger partial charge in [-0.25, -0.2) is 8.78 Å². The number of nitrogen functional groups attached to an aromatic ring is 1. The zero-order valence-corrected chi connectivity index (χ0v) is 24.1. The summed E-state index contributed by atoms with van der Waals surface area (Å²) < 4.78 is 30.7. The Hall–Kier alpha value is -4.44. The van der Waals surface area contributed by atoms with Gasteiger partial charge >= 0.3 is 0 Å². The highest BCUT2D eigenvalue weighted by molar-refractivity contribution is 6.34. The Bertz CT molecular complexity index is 1970. The summed E-state index contributed by atoms with van der Waals surface area (Å²) in [6, 6.07) is 35.6. The lowest BCUT2D eigenvalue weighted by atomic mass is 9.77. The summed E-state index contributed by atoms with van der Waals surface area (Å²) in [5.41, 5.74) is 14.9. The number of hydrogen-bond acceptors (Lipinski definition) is 1. The lowest BCUT2D eigenvalue weighted by Gasteiger charge is -2.28. The maximum atomic E-state index is 15.9. The monoisotopic (exact) mass is 591 g/mol. The van der Waals surface area contributed by atoms with Crippen molar-refractivity contribution in [1.29, 1.82) is 0 Å². The lowest BCUT2D eigenvalue weighted by Crippen LogP contribution is -2.05. The molecule has 2 N–H and O–H groups in total. The van der Waals surface area contributed by atoms with Gasteiger partial charge in [-0.2, -0.15) is 0 Å². The summed E-state index contributed by atoms with van der Waals surface area (Å²) in [7, 11) is 0. The first-order valence-corrected chi connectivity index (χ1v) is 14.2. The molecule has 42 heavy (non-hydrogen) atoms. The van der Waals surface area contributed by atoms with Crippen LogP contribution < -0.4 is 5.73 Å². The minimum absolute atomic E-state index is 0.322. The van der Waals surface area contributed by atoms with Gasteiger partial charge in [0.05, 0.1) is 0 Å². The van der Waals surface area contributed by atoms with Crippen LogP contribution in [0.15, 0.2) is 121 Å². The number of rotatable bonds is 5. The lowest BCUT2D eigenvalue weighted by molar-refractivity contribution is 0.628. The first kappa shape index (κ1) is 27.7. The molecule has 0 bridgehead atoms. The quantitative estimate of drug-likeness (QED) is 0.198. The highest BCUT2D eigenvalue weighted by Gasteiger charge is 2.29. The van der Waals surface area contributed by atoms with Crippen LogP contribution in [0.5, 0.6) is 0 Å². The van der Waals surface area contributed by atoms with Crippen LogP contribution in [-0.2, 0) is 0 Å². The van der Waals surface area contributed by atoms with Crippen molar-refractivity contribution >= 4 is 28.9 Å². The van der Waals surface area contributed by atoms with Crippen LogP contribution in [0.4, 0.5) is 14.5 Å². The largest absolute Gasteiger partial charge is 0.398 e. The Morgan fingerprint density at radius 2 is 1.12 bits per heavy atom. The summed E-state index contributed by atoms with van der Waals surface area (Å²) in [4.78, 5) is 0. The third kappa shape index (κ3) is 4.96. The number of anilines is 1. The number of hydrogen-bond donors (Lipinski definition) is 1. The summed E-state index contributed by atoms with van der Waals surface area (Å²) in [5, 5.41) is 1.02. The molecule has 0 saturated heterocycles. The molecule has 0 heterocycles. The van der Waals surface area contributed by atoms with Crippen molar-refractivity contribution < 1.29 is 8.78 Å². The van der Waals surface area contributed by atoms with Gasteiger partial charge in [0, 0.05) is 49.1 Å². The Morgan fingerprint density at radius 1 is 0.524 bits per heavy atom. The highest BCUT2D eigenvalue weighted by atomic mass is 35.5. The fraction of sp³-hybridized carbons (Fsp3) is 0.0270. The molecule has 0 aliphatic rings. The molecule has 0 radical (unpaired) electrons. The zero-order valence-electron chi connectivity index (χ0n) is 22.6. The van der Waals surface area contributed by atoms with E-state index in [-0.39, 0.29) is 0 Å². The molecule has 0 amide bonds. The van der Waals surface area contributed by atoms with Crippen molar-refractivity contribution in [2.24, 2.45) is 0 Å². The van der Waals surface area contributed by atoms with Crippen molar-refractivity contribution in [2.75, 3.05) is 5.73 Å². The second-order valence-electron chi connectivity index (χ2n) is 10.1. The standard InChI is InChI=1S/C37H25Cl2F2N/c1-22-10-2-3-15-27(22)36-34(28-16-4-6-18-30(28)39)32(23-11-8-13-25(38)20-23)35(29-17-5-7-19-31(29)41)33(37(36)42)24-12-9-14-26(40)21-24/h2-21H,42H2,1H3. The summed E-state index contributed by atoms with van der Waals surface area (Å²) in [6.07, 6.45) is 0. The topological polar surface area (TPSA) is 26.0 Å². The van der Waals surface area contributed by atoms with E-state index >= 15 is 4.39 Å². The van der Waals surface area contributed by atoms with Gasteiger partial charge in [0.25, 0.3) is 0 Å². The van der Waals surface area contributed by atoms with E-state index in [1.807, 2.05) is 73.7 Å². The second kappa shape index (κ2) is 11.4. The molecule has 5 heteroatoms. The number of aryl methyl sites for hydroxylation is 1. The van der Waals surface area contributed by atoms with Crippen LogP contribution in [0.3, 0.4) is 0 Å². The van der Waals surface area contributed by atoms with Crippen LogP contribution >= 0.6 is 23.2 Å². The van der Waals surface area contributed by atoms with E-state index in [1.165, 1.54) is 18.2 Å². The molecule has 0 fully saturated rings. The Kier molecular flexibility index (Phi) is 7.55. The summed E-state index contributed by atoms with van der Waals surface area (Å²) >= 11 is 13.5. The number of benzene rings is 6. The smallest absolute Gasteiger partial charge is 0.131 e. The van der Waals surface area contributed by atoms with E-state index in [0.29, 0.717) is 43.5 Å². The van der Waals surface area contributed by atoms with Gasteiger partial charge in [0.1, 0.15) is 11.6 Å². The van der Waals surface area contributed by atoms with Crippen LogP contribution in [0.1, 0.15) is 5.56 Å². The highest BCUT2D eigenvalue weighted by Crippen LogP contribution is 2.55. The van der Waals surface area contributed by atoms with Crippen molar-refractivity contribution in [1.82, 2.24) is 0 Å². The minimum Gasteiger partial charge on any atom is -0.398 e. The second-order valence-corrected chi connectivity index (χ2v) is 10.9. The average Bonchev–Trinajstić information content (AvgIpc) is 2.98. The maximum Gasteiger partial charge on any atom is 0.131 e. The van der Waals surface area contributed by atoms with E-state index in [9.17, 15) is 4.39 Å². The van der Waals surface area contributed by atoms with Crippen molar-refractivity contribution in [3.8, 4) is 55.6 Å². The van der Waals surface area contributed by atoms with Crippen LogP contribution in [0.2, 0.25) is 10.0 Å². The maximum absolute atomic E-state index is 15.9. The van der Waals surface area contributed by atoms with Crippen LogP contribution in [0, 0.1) is 18.6 Å². The van der Waals surface area contributed by atoms with Crippen molar-refractivity contribution in [2.45, 2.75) is 6.92 Å². The van der Waals surface area contributed by atoms with Crippen LogP contribution in [0.25, 0.3) is 55.6 Å². The molecule has 1 nitrogen and oxygen atoms in total. The first-order chi connectivity index (χ1) is 20.3. The van der Waals surface area contributed by atoms with Crippen molar-refractivity contribution in [3.63, 3.8) is 0 Å². The Morgan fingerprint density at radius 3 is 1.79 bits per heavy atom. The fourth-order valence-electron chi connectivity index (χ4n) is 5.65. The van der Waals surface area contributed by atoms with Crippen molar-refractivity contribution in [3.05, 3.63) is 149 Å². The van der Waals surface area contributed by atoms with Gasteiger partial charge in [0.15, 0.2) is 0 Å². The SMILES string of the molecule is Cc1ccccc1-c1c(N)c(-c2cccc(F)c2)c(-c2ccccc2F)c(-c2cccc(Cl)c2)c1-c1ccccc1Cl. The predicted molar refractivity (Wildman–Crippen MR) is 173 cm³/mol. The van der Waals surface area contributed by atoms with E-state index in [1.54, 1.807) is 36.4 Å². The molecular weight excluding hydrogens is 567 g/mol. The Labute approximate surface area is 253 Å². The summed E-state index contributed by atoms with van der Waals surface area (Å²) in [5.74, 6) is -0.866. The van der Waals surface area contributed by atoms with E-state index in [4.69, 9.17) is 28.9 Å². The average molecular weight is 593 g/mol. The minimum atomic E-state index is -0.438. The van der Waals surface area contributed by atoms with E-state index in [0.717, 1.165) is 33.4 Å². The molecule has 206 valence electrons. The molecule has 0 spiro atoms. The number of nitrogens with two attached hydrogens (primary N) is 1. The molecule has 0 aliphatic carbocycles. The summed E-state index contributed by atoms with van der Waals surface area (Å²) in [6.45, 7) is 2.01. The van der Waals surface area contributed by atoms with Gasteiger partial charge in [-0.05, 0) is 71.1 Å². The molecule has 6 aromatic rings. The number of halogens is 4. The molecular formula is C37H25Cl2F2N. The molecule has 0 aromatic heterocycles. The van der Waals surface area contributed by atoms with Crippen LogP contribution in [-0.4, -0.2) is 0 Å². The normalized spacial score (nSPS) is 11.1. The van der Waals surface area contributed by atoms with Gasteiger partial charge < -0.3 is 5.73 Å². The molecule has 0 unspecified atom stereocenters. The third-order valence-electron chi connectivity index (χ3n) is 7.47. The molecule has 0 aliphatic heterocycles. The molecule has 6 aromatic carbocycles. The Balaban J connectivity index is 1.96. The predicted octanol–water partition coefficient (Wildman–Crippen LogP) is 11.5. The van der Waals surface area contributed by atoms with Gasteiger partial charge in [0.2, 0.25) is 0 Å². The van der Waals surface area contributed by atoms with E-state index < -0.39 is 11.6 Å². The molecule has 0 saturated carbocycles.